The van der Waals surface area contributed by atoms with E-state index in [1.807, 2.05) is 32.0 Å². The molecule has 0 spiro atoms. The second-order valence-electron chi connectivity index (χ2n) is 12.3. The van der Waals surface area contributed by atoms with E-state index in [1.165, 1.54) is 6.07 Å². The van der Waals surface area contributed by atoms with Crippen molar-refractivity contribution in [3.8, 4) is 5.75 Å². The molecular weight excluding hydrogens is 624 g/mol. The van der Waals surface area contributed by atoms with Crippen LogP contribution in [-0.2, 0) is 29.2 Å². The summed E-state index contributed by atoms with van der Waals surface area (Å²) in [6, 6.07) is 19.1. The summed E-state index contributed by atoms with van der Waals surface area (Å²) in [7, 11) is -3.39. The predicted molar refractivity (Wildman–Crippen MR) is 175 cm³/mol. The van der Waals surface area contributed by atoms with Crippen molar-refractivity contribution in [1.29, 1.82) is 0 Å². The number of aromatic carboxylic acids is 1. The zero-order valence-corrected chi connectivity index (χ0v) is 27.6. The van der Waals surface area contributed by atoms with E-state index in [0.717, 1.165) is 16.7 Å². The molecule has 12 nitrogen and oxygen atoms in total. The van der Waals surface area contributed by atoms with Crippen LogP contribution in [0.3, 0.4) is 0 Å². The first-order valence-electron chi connectivity index (χ1n) is 15.2. The van der Waals surface area contributed by atoms with E-state index in [9.17, 15) is 28.9 Å². The van der Waals surface area contributed by atoms with E-state index in [2.05, 4.69) is 10.3 Å². The summed E-state index contributed by atoms with van der Waals surface area (Å²) in [5.41, 5.74) is 2.35. The Bertz CT molecular complexity index is 1760. The number of para-hydroxylation sites is 1. The molecule has 250 valence electrons. The lowest BCUT2D eigenvalue weighted by atomic mass is 9.81. The molecule has 0 radical (unpaired) electrons. The van der Waals surface area contributed by atoms with Gasteiger partial charge in [0.15, 0.2) is 0 Å². The summed E-state index contributed by atoms with van der Waals surface area (Å²) in [5, 5.41) is 27.8. The summed E-state index contributed by atoms with van der Waals surface area (Å²) < 4.78 is 38.6. The number of hydrogen-bond acceptors (Lipinski definition) is 9. The molecule has 0 amide bonds. The Labute approximate surface area is 275 Å². The molecule has 1 aromatic heterocycles. The molecule has 0 fully saturated rings. The molecular formula is C34H40N4O8S. The number of nitrogens with zero attached hydrogens (tertiary/aromatic N) is 4. The lowest BCUT2D eigenvalue weighted by Crippen LogP contribution is -2.35. The molecule has 0 bridgehead atoms. The minimum atomic E-state index is -3.39. The second-order valence-corrected chi connectivity index (χ2v) is 14.2. The van der Waals surface area contributed by atoms with E-state index < -0.39 is 34.2 Å². The van der Waals surface area contributed by atoms with Crippen molar-refractivity contribution >= 4 is 22.7 Å². The minimum Gasteiger partial charge on any atom is -0.487 e. The van der Waals surface area contributed by atoms with Crippen LogP contribution < -0.4 is 4.74 Å². The summed E-state index contributed by atoms with van der Waals surface area (Å²) in [4.78, 5) is 24.1. The third-order valence-electron chi connectivity index (χ3n) is 8.39. The minimum absolute atomic E-state index is 0.0290. The summed E-state index contributed by atoms with van der Waals surface area (Å²) in [5.74, 6) is -1.61. The first-order valence-corrected chi connectivity index (χ1v) is 16.7. The molecule has 13 heteroatoms. The SMILES string of the molecule is CCC1CN(Cc2cc(C(OCc3cn(Cc4cccc(C(=O)O)c4)nn3)C(C)(C)C(=O)O)ccc2C)S(O)(O)c2ccccc2O1. The van der Waals surface area contributed by atoms with Gasteiger partial charge in [0.25, 0.3) is 0 Å². The number of fused-ring (bicyclic) bond motifs is 1. The Kier molecular flexibility index (Phi) is 10.0. The highest BCUT2D eigenvalue weighted by Gasteiger charge is 2.40. The van der Waals surface area contributed by atoms with Gasteiger partial charge in [-0.2, -0.15) is 4.31 Å². The smallest absolute Gasteiger partial charge is 0.335 e. The van der Waals surface area contributed by atoms with Crippen molar-refractivity contribution in [3.63, 3.8) is 0 Å². The van der Waals surface area contributed by atoms with Crippen LogP contribution in [0.2, 0.25) is 0 Å². The second kappa shape index (κ2) is 13.8. The van der Waals surface area contributed by atoms with Gasteiger partial charge in [0.2, 0.25) is 0 Å². The Balaban J connectivity index is 1.39. The van der Waals surface area contributed by atoms with Crippen molar-refractivity contribution in [2.75, 3.05) is 6.54 Å². The average molecular weight is 665 g/mol. The van der Waals surface area contributed by atoms with Crippen LogP contribution in [0, 0.1) is 12.3 Å². The van der Waals surface area contributed by atoms with Gasteiger partial charge in [0.05, 0.1) is 43.0 Å². The highest BCUT2D eigenvalue weighted by molar-refractivity contribution is 8.22. The Morgan fingerprint density at radius 2 is 1.83 bits per heavy atom. The van der Waals surface area contributed by atoms with Crippen LogP contribution in [0.5, 0.6) is 5.75 Å². The standard InChI is InChI=1S/C34H40N4O8S/c1-5-28-20-38(47(43,44)30-12-7-6-11-29(30)46-28)18-26-16-24(14-13-22(26)2)31(34(3,4)33(41)42)45-21-27-19-37(36-35-27)17-23-9-8-10-25(15-23)32(39)40/h6-16,19,28,31,43-44H,5,17-18,20-21H2,1-4H3,(H,39,40)(H,41,42). The first kappa shape index (κ1) is 34.1. The molecule has 5 rings (SSSR count). The predicted octanol–water partition coefficient (Wildman–Crippen LogP) is 6.40. The molecule has 2 atom stereocenters. The van der Waals surface area contributed by atoms with Crippen LogP contribution in [0.25, 0.3) is 0 Å². The van der Waals surface area contributed by atoms with Crippen LogP contribution in [0.4, 0.5) is 0 Å². The summed E-state index contributed by atoms with van der Waals surface area (Å²) in [6.45, 7) is 7.84. The van der Waals surface area contributed by atoms with Crippen LogP contribution in [-0.4, -0.2) is 63.2 Å². The molecule has 0 saturated heterocycles. The average Bonchev–Trinajstić information content (AvgIpc) is 3.44. The maximum Gasteiger partial charge on any atom is 0.335 e. The molecule has 0 aliphatic carbocycles. The van der Waals surface area contributed by atoms with Gasteiger partial charge >= 0.3 is 11.9 Å². The van der Waals surface area contributed by atoms with Crippen LogP contribution >= 0.6 is 10.8 Å². The molecule has 2 unspecified atom stereocenters. The number of ether oxygens (including phenoxy) is 2. The first-order chi connectivity index (χ1) is 22.3. The van der Waals surface area contributed by atoms with Crippen molar-refractivity contribution in [1.82, 2.24) is 19.3 Å². The number of aromatic nitrogens is 3. The van der Waals surface area contributed by atoms with Gasteiger partial charge in [-0.05, 0) is 73.7 Å². The van der Waals surface area contributed by atoms with Gasteiger partial charge in [-0.1, -0.05) is 54.6 Å². The van der Waals surface area contributed by atoms with E-state index in [0.29, 0.717) is 34.9 Å². The van der Waals surface area contributed by atoms with Gasteiger partial charge in [-0.25, -0.2) is 9.48 Å². The largest absolute Gasteiger partial charge is 0.487 e. The highest BCUT2D eigenvalue weighted by atomic mass is 32.3. The van der Waals surface area contributed by atoms with Crippen molar-refractivity contribution in [3.05, 3.63) is 106 Å². The number of benzene rings is 3. The molecule has 2 heterocycles. The molecule has 0 saturated carbocycles. The van der Waals surface area contributed by atoms with Crippen LogP contribution in [0.1, 0.15) is 71.6 Å². The van der Waals surface area contributed by atoms with E-state index in [1.54, 1.807) is 71.5 Å². The van der Waals surface area contributed by atoms with E-state index >= 15 is 0 Å². The lowest BCUT2D eigenvalue weighted by Gasteiger charge is -2.42. The monoisotopic (exact) mass is 664 g/mol. The number of aliphatic carboxylic acids is 1. The van der Waals surface area contributed by atoms with Crippen LogP contribution in [0.15, 0.2) is 77.8 Å². The molecule has 1 aliphatic rings. The van der Waals surface area contributed by atoms with Crippen molar-refractivity contribution in [2.24, 2.45) is 5.41 Å². The molecule has 1 aliphatic heterocycles. The van der Waals surface area contributed by atoms with E-state index in [-0.39, 0.29) is 31.4 Å². The molecule has 47 heavy (non-hydrogen) atoms. The number of rotatable bonds is 12. The summed E-state index contributed by atoms with van der Waals surface area (Å²) in [6.07, 6.45) is 1.19. The normalized spacial score (nSPS) is 17.6. The molecule has 4 N–H and O–H groups in total. The van der Waals surface area contributed by atoms with Gasteiger partial charge in [0.1, 0.15) is 22.4 Å². The number of hydrogen-bond donors (Lipinski definition) is 4. The van der Waals surface area contributed by atoms with Gasteiger partial charge in [0, 0.05) is 6.54 Å². The zero-order valence-electron chi connectivity index (χ0n) is 26.7. The van der Waals surface area contributed by atoms with Gasteiger partial charge < -0.3 is 19.7 Å². The molecule has 3 aromatic carbocycles. The highest BCUT2D eigenvalue weighted by Crippen LogP contribution is 2.57. The zero-order chi connectivity index (χ0) is 33.9. The fraction of sp³-hybridized carbons (Fsp3) is 0.353. The molecule has 4 aromatic rings. The number of aryl methyl sites for hydroxylation is 1. The topological polar surface area (TPSA) is 167 Å². The van der Waals surface area contributed by atoms with E-state index in [4.69, 9.17) is 9.47 Å². The van der Waals surface area contributed by atoms with Gasteiger partial charge in [-0.3, -0.25) is 13.9 Å². The van der Waals surface area contributed by atoms with Gasteiger partial charge in [-0.15, -0.1) is 15.9 Å². The lowest BCUT2D eigenvalue weighted by molar-refractivity contribution is -0.158. The summed E-state index contributed by atoms with van der Waals surface area (Å²) >= 11 is 0. The Hall–Kier alpha value is -4.27. The van der Waals surface area contributed by atoms with Crippen molar-refractivity contribution in [2.45, 2.75) is 70.9 Å². The third kappa shape index (κ3) is 7.50. The van der Waals surface area contributed by atoms with Crippen molar-refractivity contribution < 1.29 is 38.4 Å². The quantitative estimate of drug-likeness (QED) is 0.132. The maximum absolute atomic E-state index is 12.5. The number of carboxylic acid groups (broad SMARTS) is 2. The third-order valence-corrected chi connectivity index (χ3v) is 10.3. The number of carboxylic acids is 2. The fourth-order valence-corrected chi connectivity index (χ4v) is 7.13. The Morgan fingerprint density at radius 1 is 1.06 bits per heavy atom. The fourth-order valence-electron chi connectivity index (χ4n) is 5.52. The number of carbonyl (C=O) groups is 2. The maximum atomic E-state index is 12.5. The Morgan fingerprint density at radius 3 is 2.55 bits per heavy atom.